The lowest BCUT2D eigenvalue weighted by Gasteiger charge is -2.08. The number of nitrogens with two attached hydrogens (primary N) is 1. The molecule has 0 saturated carbocycles. The molecule has 0 saturated heterocycles. The van der Waals surface area contributed by atoms with Crippen molar-refractivity contribution in [1.29, 1.82) is 0 Å². The number of rotatable bonds is 6. The summed E-state index contributed by atoms with van der Waals surface area (Å²) < 4.78 is 10.6. The van der Waals surface area contributed by atoms with Crippen molar-refractivity contribution in [3.05, 3.63) is 33.3 Å². The minimum atomic E-state index is -0.504. The summed E-state index contributed by atoms with van der Waals surface area (Å²) in [5, 5.41) is 19.4. The number of nitrogen functional groups attached to an aromatic ring is 1. The second kappa shape index (κ2) is 6.12. The minimum absolute atomic E-state index is 0.0697. The van der Waals surface area contributed by atoms with Crippen LogP contribution >= 0.6 is 11.3 Å². The molecule has 1 aromatic heterocycles. The maximum atomic E-state index is 10.7. The number of aromatic nitrogens is 2. The standard InChI is InChI=1S/C10H11N5O4S/c1-18-8-4-6(15(16)17)2-3-7(8)19-5-9-13-14-10(12-11)20-9/h2-4H,5,11H2,1H3,(H,12,14). The smallest absolute Gasteiger partial charge is 0.273 e. The first-order chi connectivity index (χ1) is 9.63. The van der Waals surface area contributed by atoms with Crippen LogP contribution in [0.3, 0.4) is 0 Å². The van der Waals surface area contributed by atoms with Gasteiger partial charge in [0, 0.05) is 6.07 Å². The Balaban J connectivity index is 2.10. The third kappa shape index (κ3) is 3.10. The molecule has 0 radical (unpaired) electrons. The van der Waals surface area contributed by atoms with E-state index in [0.717, 1.165) is 0 Å². The van der Waals surface area contributed by atoms with Gasteiger partial charge >= 0.3 is 0 Å². The van der Waals surface area contributed by atoms with Crippen molar-refractivity contribution in [2.24, 2.45) is 5.84 Å². The number of nitrogens with one attached hydrogen (secondary N) is 1. The molecule has 0 atom stereocenters. The second-order valence-corrected chi connectivity index (χ2v) is 4.59. The molecule has 2 rings (SSSR count). The minimum Gasteiger partial charge on any atom is -0.493 e. The number of anilines is 1. The van der Waals surface area contributed by atoms with E-state index in [0.29, 0.717) is 15.9 Å². The van der Waals surface area contributed by atoms with Crippen LogP contribution in [0.2, 0.25) is 0 Å². The van der Waals surface area contributed by atoms with Crippen molar-refractivity contribution in [2.75, 3.05) is 12.5 Å². The van der Waals surface area contributed by atoms with Gasteiger partial charge in [-0.15, -0.1) is 10.2 Å². The third-order valence-electron chi connectivity index (χ3n) is 2.30. The zero-order valence-corrected chi connectivity index (χ0v) is 11.2. The van der Waals surface area contributed by atoms with E-state index in [4.69, 9.17) is 15.3 Å². The third-order valence-corrected chi connectivity index (χ3v) is 3.13. The highest BCUT2D eigenvalue weighted by Gasteiger charge is 2.13. The van der Waals surface area contributed by atoms with Gasteiger partial charge in [0.15, 0.2) is 16.5 Å². The molecule has 0 aliphatic rings. The highest BCUT2D eigenvalue weighted by atomic mass is 32.1. The van der Waals surface area contributed by atoms with Gasteiger partial charge in [0.2, 0.25) is 5.13 Å². The number of nitrogens with zero attached hydrogens (tertiary/aromatic N) is 3. The summed E-state index contributed by atoms with van der Waals surface area (Å²) in [6.07, 6.45) is 0. The van der Waals surface area contributed by atoms with Crippen LogP contribution in [0.4, 0.5) is 10.8 Å². The van der Waals surface area contributed by atoms with E-state index in [1.165, 1.54) is 36.6 Å². The van der Waals surface area contributed by atoms with Gasteiger partial charge in [-0.1, -0.05) is 11.3 Å². The van der Waals surface area contributed by atoms with Crippen molar-refractivity contribution in [3.63, 3.8) is 0 Å². The Bertz CT molecular complexity index is 617. The molecule has 3 N–H and O–H groups in total. The largest absolute Gasteiger partial charge is 0.493 e. The van der Waals surface area contributed by atoms with E-state index >= 15 is 0 Å². The summed E-state index contributed by atoms with van der Waals surface area (Å²) in [6.45, 7) is 0.160. The summed E-state index contributed by atoms with van der Waals surface area (Å²) in [5.74, 6) is 5.86. The van der Waals surface area contributed by atoms with Crippen molar-refractivity contribution in [2.45, 2.75) is 6.61 Å². The molecule has 2 aromatic rings. The average molecular weight is 297 g/mol. The number of hydrazine groups is 1. The molecule has 0 unspecified atom stereocenters. The molecule has 0 spiro atoms. The number of nitro benzene ring substituents is 1. The summed E-state index contributed by atoms with van der Waals surface area (Å²) in [4.78, 5) is 10.2. The molecule has 1 aromatic carbocycles. The summed E-state index contributed by atoms with van der Waals surface area (Å²) in [5.41, 5.74) is 2.31. The Morgan fingerprint density at radius 2 is 2.25 bits per heavy atom. The zero-order chi connectivity index (χ0) is 14.5. The van der Waals surface area contributed by atoms with Crippen molar-refractivity contribution in [3.8, 4) is 11.5 Å². The predicted octanol–water partition coefficient (Wildman–Crippen LogP) is 1.32. The van der Waals surface area contributed by atoms with Crippen LogP contribution in [-0.4, -0.2) is 22.2 Å². The quantitative estimate of drug-likeness (QED) is 0.464. The van der Waals surface area contributed by atoms with Gasteiger partial charge in [0.05, 0.1) is 18.1 Å². The number of benzene rings is 1. The molecule has 20 heavy (non-hydrogen) atoms. The van der Waals surface area contributed by atoms with E-state index < -0.39 is 4.92 Å². The first-order valence-electron chi connectivity index (χ1n) is 5.38. The fraction of sp³-hybridized carbons (Fsp3) is 0.200. The molecule has 9 nitrogen and oxygen atoms in total. The Labute approximate surface area is 117 Å². The van der Waals surface area contributed by atoms with Crippen LogP contribution in [0.15, 0.2) is 18.2 Å². The number of hydrogen-bond donors (Lipinski definition) is 2. The topological polar surface area (TPSA) is 125 Å². The monoisotopic (exact) mass is 297 g/mol. The average Bonchev–Trinajstić information content (AvgIpc) is 2.92. The molecule has 0 aliphatic heterocycles. The van der Waals surface area contributed by atoms with Gasteiger partial charge in [-0.3, -0.25) is 15.5 Å². The van der Waals surface area contributed by atoms with Crippen LogP contribution in [-0.2, 0) is 6.61 Å². The molecule has 0 amide bonds. The van der Waals surface area contributed by atoms with Crippen LogP contribution in [0.1, 0.15) is 5.01 Å². The normalized spacial score (nSPS) is 10.1. The number of nitro groups is 1. The molecule has 0 aliphatic carbocycles. The van der Waals surface area contributed by atoms with Gasteiger partial charge in [0.1, 0.15) is 6.61 Å². The first kappa shape index (κ1) is 14.0. The van der Waals surface area contributed by atoms with Crippen LogP contribution in [0.5, 0.6) is 11.5 Å². The lowest BCUT2D eigenvalue weighted by atomic mass is 10.3. The fourth-order valence-electron chi connectivity index (χ4n) is 1.40. The summed E-state index contributed by atoms with van der Waals surface area (Å²) >= 11 is 1.24. The van der Waals surface area contributed by atoms with Crippen LogP contribution in [0, 0.1) is 10.1 Å². The van der Waals surface area contributed by atoms with Crippen LogP contribution < -0.4 is 20.7 Å². The molecule has 10 heteroatoms. The number of methoxy groups -OCH3 is 1. The highest BCUT2D eigenvalue weighted by molar-refractivity contribution is 7.15. The lowest BCUT2D eigenvalue weighted by molar-refractivity contribution is -0.385. The maximum absolute atomic E-state index is 10.7. The SMILES string of the molecule is COc1cc([N+](=O)[O-])ccc1OCc1nnc(NN)s1. The Hall–Kier alpha value is -2.46. The molecule has 1 heterocycles. The molecule has 0 fully saturated rings. The zero-order valence-electron chi connectivity index (χ0n) is 10.4. The van der Waals surface area contributed by atoms with Crippen molar-refractivity contribution < 1.29 is 14.4 Å². The van der Waals surface area contributed by atoms with Gasteiger partial charge in [-0.25, -0.2) is 5.84 Å². The van der Waals surface area contributed by atoms with Crippen molar-refractivity contribution >= 4 is 22.2 Å². The number of hydrogen-bond acceptors (Lipinski definition) is 9. The van der Waals surface area contributed by atoms with E-state index in [1.807, 2.05) is 0 Å². The highest BCUT2D eigenvalue weighted by Crippen LogP contribution is 2.31. The van der Waals surface area contributed by atoms with Crippen LogP contribution in [0.25, 0.3) is 0 Å². The Morgan fingerprint density at radius 3 is 2.85 bits per heavy atom. The Morgan fingerprint density at radius 1 is 1.45 bits per heavy atom. The molecule has 106 valence electrons. The van der Waals surface area contributed by atoms with E-state index in [9.17, 15) is 10.1 Å². The van der Waals surface area contributed by atoms with Gasteiger partial charge < -0.3 is 9.47 Å². The lowest BCUT2D eigenvalue weighted by Crippen LogP contribution is -2.05. The second-order valence-electron chi connectivity index (χ2n) is 3.53. The maximum Gasteiger partial charge on any atom is 0.273 e. The van der Waals surface area contributed by atoms with E-state index in [-0.39, 0.29) is 18.0 Å². The molecular formula is C10H11N5O4S. The van der Waals surface area contributed by atoms with E-state index in [1.54, 1.807) is 0 Å². The van der Waals surface area contributed by atoms with Crippen molar-refractivity contribution in [1.82, 2.24) is 10.2 Å². The van der Waals surface area contributed by atoms with Gasteiger partial charge in [-0.2, -0.15) is 0 Å². The fourth-order valence-corrected chi connectivity index (χ4v) is 1.96. The number of non-ortho nitro benzene ring substituents is 1. The predicted molar refractivity (Wildman–Crippen MR) is 71.7 cm³/mol. The first-order valence-corrected chi connectivity index (χ1v) is 6.20. The number of ether oxygens (including phenoxy) is 2. The summed E-state index contributed by atoms with van der Waals surface area (Å²) in [6, 6.07) is 4.10. The van der Waals surface area contributed by atoms with Gasteiger partial charge in [-0.05, 0) is 6.07 Å². The Kier molecular flexibility index (Phi) is 4.27. The van der Waals surface area contributed by atoms with Gasteiger partial charge in [0.25, 0.3) is 5.69 Å². The molecular weight excluding hydrogens is 286 g/mol. The summed E-state index contributed by atoms with van der Waals surface area (Å²) in [7, 11) is 1.41. The van der Waals surface area contributed by atoms with E-state index in [2.05, 4.69) is 15.6 Å². The molecule has 0 bridgehead atoms.